The Labute approximate surface area is 115 Å². The van der Waals surface area contributed by atoms with Crippen LogP contribution in [-0.4, -0.2) is 25.0 Å². The van der Waals surface area contributed by atoms with Gasteiger partial charge in [0.15, 0.2) is 0 Å². The molecule has 0 aromatic heterocycles. The summed E-state index contributed by atoms with van der Waals surface area (Å²) in [6.07, 6.45) is 3.09. The van der Waals surface area contributed by atoms with E-state index in [1.54, 1.807) is 0 Å². The molecule has 0 spiro atoms. The number of Topliss-reactive ketones (excluding diaryl/α,β-unsaturated/α-hetero) is 1. The number of ketones is 1. The molecule has 1 atom stereocenters. The van der Waals surface area contributed by atoms with Crippen molar-refractivity contribution in [2.45, 2.75) is 45.6 Å². The molecule has 1 aromatic rings. The van der Waals surface area contributed by atoms with Gasteiger partial charge in [0.1, 0.15) is 11.5 Å². The van der Waals surface area contributed by atoms with E-state index in [4.69, 9.17) is 4.74 Å². The molecule has 3 heteroatoms. The molecule has 0 aliphatic carbocycles. The lowest BCUT2D eigenvalue weighted by molar-refractivity contribution is -0.119. The van der Waals surface area contributed by atoms with Crippen LogP contribution in [0.25, 0.3) is 0 Å². The molecule has 104 valence electrons. The highest BCUT2D eigenvalue weighted by Gasteiger charge is 2.13. The molecule has 1 heterocycles. The Morgan fingerprint density at radius 3 is 3.11 bits per heavy atom. The van der Waals surface area contributed by atoms with Gasteiger partial charge in [-0.3, -0.25) is 4.79 Å². The normalized spacial score (nSPS) is 14.8. The number of nitrogens with one attached hydrogen (secondary N) is 1. The maximum Gasteiger partial charge on any atom is 0.134 e. The Hall–Kier alpha value is -1.35. The lowest BCUT2D eigenvalue weighted by atomic mass is 10.0. The summed E-state index contributed by atoms with van der Waals surface area (Å²) in [5.41, 5.74) is 2.53. The van der Waals surface area contributed by atoms with Gasteiger partial charge in [0.05, 0.1) is 6.61 Å². The minimum absolute atomic E-state index is 0.283. The molecule has 1 N–H and O–H groups in total. The number of carbonyl (C=O) groups excluding carboxylic acids is 1. The third-order valence-electron chi connectivity index (χ3n) is 3.53. The Bertz CT molecular complexity index is 442. The van der Waals surface area contributed by atoms with Crippen molar-refractivity contribution in [1.29, 1.82) is 0 Å². The summed E-state index contributed by atoms with van der Waals surface area (Å²) in [6.45, 7) is 5.83. The predicted molar refractivity (Wildman–Crippen MR) is 76.7 cm³/mol. The van der Waals surface area contributed by atoms with Crippen molar-refractivity contribution in [3.05, 3.63) is 29.3 Å². The number of ether oxygens (including phenoxy) is 1. The molecule has 0 radical (unpaired) electrons. The van der Waals surface area contributed by atoms with Crippen molar-refractivity contribution in [3.8, 4) is 5.75 Å². The first-order chi connectivity index (χ1) is 9.19. The fourth-order valence-corrected chi connectivity index (χ4v) is 2.54. The van der Waals surface area contributed by atoms with Crippen LogP contribution >= 0.6 is 0 Å². The number of hydrogen-bond acceptors (Lipinski definition) is 3. The van der Waals surface area contributed by atoms with Crippen LogP contribution in [0.4, 0.5) is 0 Å². The molecule has 0 fully saturated rings. The van der Waals surface area contributed by atoms with Crippen molar-refractivity contribution >= 4 is 5.78 Å². The van der Waals surface area contributed by atoms with Gasteiger partial charge in [0.25, 0.3) is 0 Å². The summed E-state index contributed by atoms with van der Waals surface area (Å²) in [4.78, 5) is 11.9. The van der Waals surface area contributed by atoms with Crippen LogP contribution in [0.15, 0.2) is 18.2 Å². The number of benzene rings is 1. The fraction of sp³-hybridized carbons (Fsp3) is 0.562. The van der Waals surface area contributed by atoms with Gasteiger partial charge in [-0.15, -0.1) is 0 Å². The molecule has 1 unspecified atom stereocenters. The molecule has 0 saturated heterocycles. The number of hydrogen-bond donors (Lipinski definition) is 1. The maximum atomic E-state index is 11.9. The van der Waals surface area contributed by atoms with Crippen LogP contribution in [0, 0.1) is 0 Å². The van der Waals surface area contributed by atoms with Gasteiger partial charge in [0, 0.05) is 25.3 Å². The summed E-state index contributed by atoms with van der Waals surface area (Å²) >= 11 is 0. The second kappa shape index (κ2) is 6.71. The first kappa shape index (κ1) is 14.1. The van der Waals surface area contributed by atoms with E-state index in [1.807, 2.05) is 6.07 Å². The van der Waals surface area contributed by atoms with E-state index in [2.05, 4.69) is 31.3 Å². The van der Waals surface area contributed by atoms with Crippen LogP contribution in [0.5, 0.6) is 5.75 Å². The largest absolute Gasteiger partial charge is 0.493 e. The molecule has 1 aromatic carbocycles. The third-order valence-corrected chi connectivity index (χ3v) is 3.53. The molecular weight excluding hydrogens is 238 g/mol. The van der Waals surface area contributed by atoms with Gasteiger partial charge >= 0.3 is 0 Å². The van der Waals surface area contributed by atoms with Gasteiger partial charge in [-0.25, -0.2) is 0 Å². The molecule has 2 rings (SSSR count). The smallest absolute Gasteiger partial charge is 0.134 e. The minimum atomic E-state index is 0.283. The molecule has 0 bridgehead atoms. The van der Waals surface area contributed by atoms with E-state index < -0.39 is 0 Å². The first-order valence-corrected chi connectivity index (χ1v) is 7.18. The SMILES string of the molecule is CCNC(C)CC(=O)CCc1ccc2c(c1)CCO2. The highest BCUT2D eigenvalue weighted by atomic mass is 16.5. The Morgan fingerprint density at radius 2 is 2.32 bits per heavy atom. The summed E-state index contributed by atoms with van der Waals surface area (Å²) in [5.74, 6) is 1.35. The van der Waals surface area contributed by atoms with Crippen LogP contribution in [0.2, 0.25) is 0 Å². The summed E-state index contributed by atoms with van der Waals surface area (Å²) in [7, 11) is 0. The van der Waals surface area contributed by atoms with Crippen LogP contribution in [0.1, 0.15) is 37.8 Å². The average Bonchev–Trinajstić information content (AvgIpc) is 2.83. The Balaban J connectivity index is 1.80. The van der Waals surface area contributed by atoms with Crippen LogP contribution < -0.4 is 10.1 Å². The van der Waals surface area contributed by atoms with Crippen molar-refractivity contribution in [2.24, 2.45) is 0 Å². The molecule has 0 saturated carbocycles. The molecule has 1 aliphatic rings. The van der Waals surface area contributed by atoms with Gasteiger partial charge in [0.2, 0.25) is 0 Å². The third kappa shape index (κ3) is 4.06. The van der Waals surface area contributed by atoms with Gasteiger partial charge in [-0.2, -0.15) is 0 Å². The van der Waals surface area contributed by atoms with E-state index >= 15 is 0 Å². The second-order valence-corrected chi connectivity index (χ2v) is 5.24. The number of carbonyl (C=O) groups is 1. The average molecular weight is 261 g/mol. The van der Waals surface area contributed by atoms with Crippen molar-refractivity contribution in [1.82, 2.24) is 5.32 Å². The first-order valence-electron chi connectivity index (χ1n) is 7.18. The highest BCUT2D eigenvalue weighted by Crippen LogP contribution is 2.26. The lowest BCUT2D eigenvalue weighted by Gasteiger charge is -2.11. The number of aryl methyl sites for hydroxylation is 1. The Morgan fingerprint density at radius 1 is 1.47 bits per heavy atom. The Kier molecular flexibility index (Phi) is 4.97. The quantitative estimate of drug-likeness (QED) is 0.819. The topological polar surface area (TPSA) is 38.3 Å². The summed E-state index contributed by atoms with van der Waals surface area (Å²) in [6, 6.07) is 6.57. The van der Waals surface area contributed by atoms with Crippen LogP contribution in [-0.2, 0) is 17.6 Å². The molecule has 1 aliphatic heterocycles. The standard InChI is InChI=1S/C16H23NO2/c1-3-17-12(2)10-15(18)6-4-13-5-7-16-14(11-13)8-9-19-16/h5,7,11-12,17H,3-4,6,8-10H2,1-2H3. The number of rotatable bonds is 7. The van der Waals surface area contributed by atoms with E-state index in [9.17, 15) is 4.79 Å². The van der Waals surface area contributed by atoms with Crippen LogP contribution in [0.3, 0.4) is 0 Å². The second-order valence-electron chi connectivity index (χ2n) is 5.24. The van der Waals surface area contributed by atoms with E-state index in [0.29, 0.717) is 18.6 Å². The fourth-order valence-electron chi connectivity index (χ4n) is 2.54. The monoisotopic (exact) mass is 261 g/mol. The molecule has 0 amide bonds. The lowest BCUT2D eigenvalue weighted by Crippen LogP contribution is -2.28. The van der Waals surface area contributed by atoms with E-state index in [-0.39, 0.29) is 6.04 Å². The van der Waals surface area contributed by atoms with Gasteiger partial charge < -0.3 is 10.1 Å². The van der Waals surface area contributed by atoms with Crippen molar-refractivity contribution in [2.75, 3.05) is 13.2 Å². The zero-order valence-electron chi connectivity index (χ0n) is 11.9. The van der Waals surface area contributed by atoms with Gasteiger partial charge in [-0.05, 0) is 37.1 Å². The maximum absolute atomic E-state index is 11.9. The van der Waals surface area contributed by atoms with Gasteiger partial charge in [-0.1, -0.05) is 19.1 Å². The van der Waals surface area contributed by atoms with Crippen molar-refractivity contribution in [3.63, 3.8) is 0 Å². The van der Waals surface area contributed by atoms with E-state index in [0.717, 1.165) is 31.7 Å². The zero-order chi connectivity index (χ0) is 13.7. The zero-order valence-corrected chi connectivity index (χ0v) is 11.9. The predicted octanol–water partition coefficient (Wildman–Crippen LogP) is 2.51. The molecule has 19 heavy (non-hydrogen) atoms. The number of fused-ring (bicyclic) bond motifs is 1. The van der Waals surface area contributed by atoms with Crippen molar-refractivity contribution < 1.29 is 9.53 Å². The molecular formula is C16H23NO2. The minimum Gasteiger partial charge on any atom is -0.493 e. The summed E-state index contributed by atoms with van der Waals surface area (Å²) in [5, 5.41) is 3.27. The van der Waals surface area contributed by atoms with E-state index in [1.165, 1.54) is 11.1 Å². The molecule has 3 nitrogen and oxygen atoms in total. The summed E-state index contributed by atoms with van der Waals surface area (Å²) < 4.78 is 5.48. The highest BCUT2D eigenvalue weighted by molar-refractivity contribution is 5.79.